The smallest absolute Gasteiger partial charge is 0.0568 e. The maximum atomic E-state index is 9.55. The van der Waals surface area contributed by atoms with E-state index in [4.69, 9.17) is 0 Å². The van der Waals surface area contributed by atoms with Crippen molar-refractivity contribution in [2.24, 2.45) is 10.8 Å². The molecule has 0 aliphatic rings. The van der Waals surface area contributed by atoms with Gasteiger partial charge in [0, 0.05) is 0 Å². The van der Waals surface area contributed by atoms with Crippen LogP contribution >= 0.6 is 0 Å². The van der Waals surface area contributed by atoms with Crippen LogP contribution in [0.1, 0.15) is 48.0 Å². The molecule has 0 aliphatic carbocycles. The second kappa shape index (κ2) is 3.14. The summed E-state index contributed by atoms with van der Waals surface area (Å²) in [6.45, 7) is 12.7. The van der Waals surface area contributed by atoms with E-state index in [1.165, 1.54) is 0 Å². The molecule has 1 nitrogen and oxygen atoms in total. The number of rotatable bonds is 3. The molecular formula is C10H22O. The van der Waals surface area contributed by atoms with Gasteiger partial charge in [-0.1, -0.05) is 41.0 Å². The third-order valence-corrected chi connectivity index (χ3v) is 3.67. The maximum absolute atomic E-state index is 9.55. The first-order valence-electron chi connectivity index (χ1n) is 4.43. The Morgan fingerprint density at radius 2 is 1.55 bits per heavy atom. The number of hydrogen-bond donors (Lipinski definition) is 1. The van der Waals surface area contributed by atoms with Gasteiger partial charge in [0.25, 0.3) is 0 Å². The van der Waals surface area contributed by atoms with E-state index in [9.17, 15) is 5.11 Å². The maximum Gasteiger partial charge on any atom is 0.0568 e. The van der Waals surface area contributed by atoms with Crippen molar-refractivity contribution < 1.29 is 5.11 Å². The van der Waals surface area contributed by atoms with Gasteiger partial charge in [-0.25, -0.2) is 0 Å². The van der Waals surface area contributed by atoms with Crippen molar-refractivity contribution in [1.29, 1.82) is 0 Å². The summed E-state index contributed by atoms with van der Waals surface area (Å²) in [7, 11) is 0. The SMILES string of the molecule is CCC(C)(C)C(C)(C)C(C)O. The molecule has 11 heavy (non-hydrogen) atoms. The summed E-state index contributed by atoms with van der Waals surface area (Å²) in [5, 5.41) is 9.55. The zero-order valence-electron chi connectivity index (χ0n) is 8.73. The van der Waals surface area contributed by atoms with Crippen LogP contribution in [0, 0.1) is 10.8 Å². The lowest BCUT2D eigenvalue weighted by Gasteiger charge is -2.43. The van der Waals surface area contributed by atoms with Crippen molar-refractivity contribution in [2.45, 2.75) is 54.1 Å². The average molecular weight is 158 g/mol. The van der Waals surface area contributed by atoms with Gasteiger partial charge in [-0.3, -0.25) is 0 Å². The molecule has 1 heteroatoms. The Balaban J connectivity index is 4.53. The van der Waals surface area contributed by atoms with E-state index in [0.29, 0.717) is 0 Å². The Bertz CT molecular complexity index is 123. The quantitative estimate of drug-likeness (QED) is 0.669. The van der Waals surface area contributed by atoms with Gasteiger partial charge in [0.15, 0.2) is 0 Å². The van der Waals surface area contributed by atoms with Crippen molar-refractivity contribution >= 4 is 0 Å². The van der Waals surface area contributed by atoms with E-state index in [-0.39, 0.29) is 16.9 Å². The Morgan fingerprint density at radius 3 is 1.64 bits per heavy atom. The van der Waals surface area contributed by atoms with Crippen LogP contribution in [0.4, 0.5) is 0 Å². The lowest BCUT2D eigenvalue weighted by atomic mass is 9.64. The van der Waals surface area contributed by atoms with Crippen LogP contribution in [-0.2, 0) is 0 Å². The molecule has 0 amide bonds. The average Bonchev–Trinajstić information content (AvgIpc) is 1.87. The number of hydrogen-bond acceptors (Lipinski definition) is 1. The predicted molar refractivity (Wildman–Crippen MR) is 49.5 cm³/mol. The summed E-state index contributed by atoms with van der Waals surface area (Å²) in [4.78, 5) is 0. The third kappa shape index (κ3) is 1.96. The van der Waals surface area contributed by atoms with E-state index < -0.39 is 0 Å². The van der Waals surface area contributed by atoms with Crippen molar-refractivity contribution in [3.05, 3.63) is 0 Å². The van der Waals surface area contributed by atoms with E-state index in [1.807, 2.05) is 6.92 Å². The van der Waals surface area contributed by atoms with Crippen molar-refractivity contribution in [2.75, 3.05) is 0 Å². The highest BCUT2D eigenvalue weighted by Gasteiger charge is 2.38. The molecule has 0 saturated heterocycles. The number of aliphatic hydroxyl groups excluding tert-OH is 1. The summed E-state index contributed by atoms with van der Waals surface area (Å²) in [6.07, 6.45) is 0.864. The second-order valence-corrected chi connectivity index (χ2v) is 4.64. The van der Waals surface area contributed by atoms with E-state index in [1.54, 1.807) is 0 Å². The molecule has 0 aliphatic heterocycles. The topological polar surface area (TPSA) is 20.2 Å². The Labute approximate surface area is 70.8 Å². The van der Waals surface area contributed by atoms with Crippen molar-refractivity contribution in [1.82, 2.24) is 0 Å². The molecule has 0 fully saturated rings. The molecule has 0 aromatic carbocycles. The second-order valence-electron chi connectivity index (χ2n) is 4.64. The van der Waals surface area contributed by atoms with Crippen molar-refractivity contribution in [3.8, 4) is 0 Å². The molecule has 0 radical (unpaired) electrons. The highest BCUT2D eigenvalue weighted by molar-refractivity contribution is 4.88. The van der Waals surface area contributed by atoms with Gasteiger partial charge in [-0.05, 0) is 17.8 Å². The molecule has 0 aromatic rings. The largest absolute Gasteiger partial charge is 0.393 e. The minimum absolute atomic E-state index is 0.00174. The first kappa shape index (κ1) is 11.0. The van der Waals surface area contributed by atoms with E-state index in [0.717, 1.165) is 6.42 Å². The number of aliphatic hydroxyl groups is 1. The summed E-state index contributed by atoms with van der Waals surface area (Å²) >= 11 is 0. The van der Waals surface area contributed by atoms with Crippen LogP contribution in [0.5, 0.6) is 0 Å². The van der Waals surface area contributed by atoms with Crippen molar-refractivity contribution in [3.63, 3.8) is 0 Å². The van der Waals surface area contributed by atoms with Gasteiger partial charge < -0.3 is 5.11 Å². The molecule has 0 aromatic heterocycles. The third-order valence-electron chi connectivity index (χ3n) is 3.67. The monoisotopic (exact) mass is 158 g/mol. The molecule has 68 valence electrons. The molecule has 0 spiro atoms. The predicted octanol–water partition coefficient (Wildman–Crippen LogP) is 2.83. The van der Waals surface area contributed by atoms with Crippen LogP contribution in [0.2, 0.25) is 0 Å². The van der Waals surface area contributed by atoms with E-state index >= 15 is 0 Å². The lowest BCUT2D eigenvalue weighted by Crippen LogP contribution is -2.40. The summed E-state index contributed by atoms with van der Waals surface area (Å²) in [6, 6.07) is 0. The van der Waals surface area contributed by atoms with Crippen LogP contribution in [0.3, 0.4) is 0 Å². The van der Waals surface area contributed by atoms with Gasteiger partial charge in [0.05, 0.1) is 6.10 Å². The highest BCUT2D eigenvalue weighted by atomic mass is 16.3. The standard InChI is InChI=1S/C10H22O/c1-7-9(3,4)10(5,6)8(2)11/h8,11H,7H2,1-6H3. The van der Waals surface area contributed by atoms with E-state index in [2.05, 4.69) is 34.6 Å². The first-order chi connectivity index (χ1) is 4.75. The van der Waals surface area contributed by atoms with Crippen LogP contribution in [0.15, 0.2) is 0 Å². The molecule has 1 atom stereocenters. The van der Waals surface area contributed by atoms with Crippen LogP contribution in [0.25, 0.3) is 0 Å². The normalized spacial score (nSPS) is 16.6. The fraction of sp³-hybridized carbons (Fsp3) is 1.00. The van der Waals surface area contributed by atoms with Crippen LogP contribution < -0.4 is 0 Å². The Morgan fingerprint density at radius 1 is 1.18 bits per heavy atom. The van der Waals surface area contributed by atoms with Gasteiger partial charge in [0.2, 0.25) is 0 Å². The molecule has 0 rings (SSSR count). The molecule has 0 bridgehead atoms. The first-order valence-corrected chi connectivity index (χ1v) is 4.43. The van der Waals surface area contributed by atoms with Crippen LogP contribution in [-0.4, -0.2) is 11.2 Å². The summed E-state index contributed by atoms with van der Waals surface area (Å²) in [5.74, 6) is 0. The van der Waals surface area contributed by atoms with Gasteiger partial charge >= 0.3 is 0 Å². The molecular weight excluding hydrogens is 136 g/mol. The molecule has 0 saturated carbocycles. The molecule has 1 N–H and O–H groups in total. The fourth-order valence-corrected chi connectivity index (χ4v) is 1.02. The highest BCUT2D eigenvalue weighted by Crippen LogP contribution is 2.43. The Hall–Kier alpha value is -0.0400. The summed E-state index contributed by atoms with van der Waals surface area (Å²) in [5.41, 5.74) is 0.211. The molecule has 1 unspecified atom stereocenters. The zero-order chi connectivity index (χ0) is 9.28. The fourth-order valence-electron chi connectivity index (χ4n) is 1.02. The lowest BCUT2D eigenvalue weighted by molar-refractivity contribution is -0.0270. The van der Waals surface area contributed by atoms with Gasteiger partial charge in [-0.15, -0.1) is 0 Å². The minimum atomic E-state index is -0.238. The molecule has 0 heterocycles. The zero-order valence-corrected chi connectivity index (χ0v) is 8.73. The Kier molecular flexibility index (Phi) is 3.13. The van der Waals surface area contributed by atoms with Gasteiger partial charge in [-0.2, -0.15) is 0 Å². The minimum Gasteiger partial charge on any atom is -0.393 e. The van der Waals surface area contributed by atoms with Gasteiger partial charge in [0.1, 0.15) is 0 Å². The summed E-state index contributed by atoms with van der Waals surface area (Å²) < 4.78 is 0.